The van der Waals surface area contributed by atoms with Crippen molar-refractivity contribution < 1.29 is 17.6 Å². The van der Waals surface area contributed by atoms with Crippen LogP contribution in [0.1, 0.15) is 21.2 Å². The highest BCUT2D eigenvalue weighted by molar-refractivity contribution is 7.90. The molecule has 0 N–H and O–H groups in total. The molecule has 3 rings (SSSR count). The molecule has 3 aromatic rings. The number of rotatable bonds is 6. The summed E-state index contributed by atoms with van der Waals surface area (Å²) in [5, 5.41) is -1.15. The van der Waals surface area contributed by atoms with Gasteiger partial charge in [-0.25, -0.2) is 16.8 Å². The molecular formula is C19H15FN2O3S. The molecule has 2 heterocycles. The molecular weight excluding hydrogens is 355 g/mol. The zero-order chi connectivity index (χ0) is 18.7. The Hall–Kier alpha value is -3.06. The number of benzene rings is 1. The van der Waals surface area contributed by atoms with Gasteiger partial charge in [-0.3, -0.25) is 9.78 Å². The van der Waals surface area contributed by atoms with E-state index in [0.29, 0.717) is 17.4 Å². The van der Waals surface area contributed by atoms with E-state index in [2.05, 4.69) is 11.6 Å². The first-order valence-corrected chi connectivity index (χ1v) is 9.19. The van der Waals surface area contributed by atoms with Crippen LogP contribution >= 0.6 is 0 Å². The second kappa shape index (κ2) is 7.05. The summed E-state index contributed by atoms with van der Waals surface area (Å²) in [6.07, 6.45) is 5.46. The molecule has 1 atom stereocenters. The van der Waals surface area contributed by atoms with Crippen molar-refractivity contribution in [3.8, 4) is 11.3 Å². The summed E-state index contributed by atoms with van der Waals surface area (Å²) in [4.78, 5) is 15.1. The Morgan fingerprint density at radius 1 is 1.15 bits per heavy atom. The lowest BCUT2D eigenvalue weighted by atomic mass is 10.1. The van der Waals surface area contributed by atoms with E-state index in [1.165, 1.54) is 18.5 Å². The number of hydrogen-bond donors (Lipinski definition) is 0. The van der Waals surface area contributed by atoms with Crippen molar-refractivity contribution in [2.45, 2.75) is 5.25 Å². The molecule has 0 spiro atoms. The van der Waals surface area contributed by atoms with Crippen LogP contribution in [0.5, 0.6) is 0 Å². The molecule has 0 fully saturated rings. The molecule has 1 aromatic carbocycles. The highest BCUT2D eigenvalue weighted by Crippen LogP contribution is 2.33. The standard InChI is InChI=1S/C19H15FN2O3S/c1-2-17(15-9-6-10-21-11-15)26(24,25)22-12-16(13-23)18(20)19(22)14-7-4-3-5-8-14/h2-13,17H,1H2. The van der Waals surface area contributed by atoms with Crippen LogP contribution in [0.25, 0.3) is 11.3 Å². The van der Waals surface area contributed by atoms with Crippen molar-refractivity contribution in [1.29, 1.82) is 0 Å². The number of pyridine rings is 1. The van der Waals surface area contributed by atoms with Gasteiger partial charge >= 0.3 is 0 Å². The van der Waals surface area contributed by atoms with Gasteiger partial charge in [0.25, 0.3) is 0 Å². The third-order valence-corrected chi connectivity index (χ3v) is 5.88. The van der Waals surface area contributed by atoms with E-state index in [-0.39, 0.29) is 11.3 Å². The minimum Gasteiger partial charge on any atom is -0.298 e. The summed E-state index contributed by atoms with van der Waals surface area (Å²) in [7, 11) is -4.14. The average Bonchev–Trinajstić information content (AvgIpc) is 3.01. The average molecular weight is 370 g/mol. The first-order valence-electron chi connectivity index (χ1n) is 7.69. The molecule has 1 unspecified atom stereocenters. The van der Waals surface area contributed by atoms with Crippen LogP contribution in [0, 0.1) is 5.82 Å². The van der Waals surface area contributed by atoms with Gasteiger partial charge in [-0.1, -0.05) is 42.5 Å². The predicted molar refractivity (Wildman–Crippen MR) is 96.7 cm³/mol. The predicted octanol–water partition coefficient (Wildman–Crippen LogP) is 3.61. The van der Waals surface area contributed by atoms with E-state index in [9.17, 15) is 17.6 Å². The maximum Gasteiger partial charge on any atom is 0.249 e. The van der Waals surface area contributed by atoms with Gasteiger partial charge in [0.05, 0.1) is 5.56 Å². The molecule has 0 bridgehead atoms. The molecule has 26 heavy (non-hydrogen) atoms. The lowest BCUT2D eigenvalue weighted by molar-refractivity contribution is 0.112. The summed E-state index contributed by atoms with van der Waals surface area (Å²) < 4.78 is 42.0. The fourth-order valence-electron chi connectivity index (χ4n) is 2.71. The quantitative estimate of drug-likeness (QED) is 0.491. The molecule has 132 valence electrons. The number of halogens is 1. The van der Waals surface area contributed by atoms with Gasteiger partial charge in [0.1, 0.15) is 10.9 Å². The molecule has 0 aliphatic carbocycles. The summed E-state index contributed by atoms with van der Waals surface area (Å²) in [6, 6.07) is 11.4. The monoisotopic (exact) mass is 370 g/mol. The number of aromatic nitrogens is 2. The van der Waals surface area contributed by atoms with Crippen LogP contribution < -0.4 is 0 Å². The number of aldehydes is 1. The van der Waals surface area contributed by atoms with Crippen molar-refractivity contribution in [2.75, 3.05) is 0 Å². The maximum atomic E-state index is 14.7. The van der Waals surface area contributed by atoms with Crippen molar-refractivity contribution in [3.05, 3.63) is 90.7 Å². The zero-order valence-corrected chi connectivity index (χ0v) is 14.4. The SMILES string of the molecule is C=CC(c1cccnc1)S(=O)(=O)n1cc(C=O)c(F)c1-c1ccccc1. The van der Waals surface area contributed by atoms with Crippen LogP contribution in [-0.2, 0) is 10.0 Å². The third-order valence-electron chi connectivity index (χ3n) is 3.93. The van der Waals surface area contributed by atoms with E-state index in [1.807, 2.05) is 0 Å². The molecule has 0 radical (unpaired) electrons. The fraction of sp³-hybridized carbons (Fsp3) is 0.0526. The Labute approximate surface area is 150 Å². The largest absolute Gasteiger partial charge is 0.298 e. The van der Waals surface area contributed by atoms with E-state index >= 15 is 0 Å². The highest BCUT2D eigenvalue weighted by atomic mass is 32.2. The van der Waals surface area contributed by atoms with Crippen LogP contribution in [0.2, 0.25) is 0 Å². The van der Waals surface area contributed by atoms with Crippen LogP contribution in [0.4, 0.5) is 4.39 Å². The smallest absolute Gasteiger partial charge is 0.249 e. The number of hydrogen-bond acceptors (Lipinski definition) is 4. The van der Waals surface area contributed by atoms with E-state index < -0.39 is 21.1 Å². The first-order chi connectivity index (χ1) is 12.5. The van der Waals surface area contributed by atoms with Gasteiger partial charge in [0.2, 0.25) is 10.0 Å². The van der Waals surface area contributed by atoms with Gasteiger partial charge in [-0.05, 0) is 11.6 Å². The molecule has 0 aliphatic rings. The second-order valence-electron chi connectivity index (χ2n) is 5.51. The number of carbonyl (C=O) groups excluding carboxylic acids is 1. The summed E-state index contributed by atoms with van der Waals surface area (Å²) >= 11 is 0. The maximum absolute atomic E-state index is 14.7. The summed E-state index contributed by atoms with van der Waals surface area (Å²) in [5.41, 5.74) is 0.212. The lowest BCUT2D eigenvalue weighted by Gasteiger charge is -2.17. The van der Waals surface area contributed by atoms with Crippen molar-refractivity contribution in [1.82, 2.24) is 8.96 Å². The molecule has 2 aromatic heterocycles. The minimum atomic E-state index is -4.14. The highest BCUT2D eigenvalue weighted by Gasteiger charge is 2.31. The van der Waals surface area contributed by atoms with E-state index in [1.54, 1.807) is 42.5 Å². The molecule has 5 nitrogen and oxygen atoms in total. The molecule has 0 saturated carbocycles. The van der Waals surface area contributed by atoms with E-state index in [0.717, 1.165) is 10.2 Å². The van der Waals surface area contributed by atoms with Gasteiger partial charge < -0.3 is 0 Å². The molecule has 0 saturated heterocycles. The topological polar surface area (TPSA) is 69.0 Å². The Morgan fingerprint density at radius 3 is 2.46 bits per heavy atom. The Morgan fingerprint density at radius 2 is 1.88 bits per heavy atom. The van der Waals surface area contributed by atoms with Crippen LogP contribution in [0.15, 0.2) is 73.7 Å². The normalized spacial score (nSPS) is 12.5. The van der Waals surface area contributed by atoms with Gasteiger partial charge in [-0.15, -0.1) is 6.58 Å². The molecule has 7 heteroatoms. The van der Waals surface area contributed by atoms with Crippen molar-refractivity contribution in [3.63, 3.8) is 0 Å². The van der Waals surface area contributed by atoms with Crippen LogP contribution in [0.3, 0.4) is 0 Å². The lowest BCUT2D eigenvalue weighted by Crippen LogP contribution is -2.20. The molecule has 0 amide bonds. The summed E-state index contributed by atoms with van der Waals surface area (Å²) in [6.45, 7) is 3.60. The Kier molecular flexibility index (Phi) is 4.81. The zero-order valence-electron chi connectivity index (χ0n) is 13.6. The van der Waals surface area contributed by atoms with Gasteiger partial charge in [-0.2, -0.15) is 0 Å². The Balaban J connectivity index is 2.25. The van der Waals surface area contributed by atoms with Crippen molar-refractivity contribution in [2.24, 2.45) is 0 Å². The van der Waals surface area contributed by atoms with Gasteiger partial charge in [0, 0.05) is 24.2 Å². The van der Waals surface area contributed by atoms with E-state index in [4.69, 9.17) is 0 Å². The van der Waals surface area contributed by atoms with Crippen molar-refractivity contribution >= 4 is 16.3 Å². The fourth-order valence-corrected chi connectivity index (χ4v) is 4.38. The molecule has 0 aliphatic heterocycles. The number of carbonyl (C=O) groups is 1. The number of nitrogens with zero attached hydrogens (tertiary/aromatic N) is 2. The minimum absolute atomic E-state index is 0.191. The Bertz CT molecular complexity index is 1050. The first kappa shape index (κ1) is 17.8. The summed E-state index contributed by atoms with van der Waals surface area (Å²) in [5.74, 6) is -0.885. The second-order valence-corrected chi connectivity index (χ2v) is 7.45. The van der Waals surface area contributed by atoms with Gasteiger partial charge in [0.15, 0.2) is 12.1 Å². The van der Waals surface area contributed by atoms with Crippen LogP contribution in [-0.4, -0.2) is 23.7 Å². The third kappa shape index (κ3) is 2.97.